The van der Waals surface area contributed by atoms with Crippen LogP contribution in [-0.2, 0) is 24.5 Å². The second kappa shape index (κ2) is 12.2. The fourth-order valence-electron chi connectivity index (χ4n) is 2.50. The van der Waals surface area contributed by atoms with Crippen LogP contribution in [0.25, 0.3) is 4.13 Å². The molecule has 0 fully saturated rings. The minimum Gasteiger partial charge on any atom is -0.421 e. The van der Waals surface area contributed by atoms with E-state index in [1.165, 1.54) is 31.1 Å². The molecule has 0 radical (unpaired) electrons. The molecule has 0 bridgehead atoms. The van der Waals surface area contributed by atoms with Gasteiger partial charge in [0.05, 0.1) is 27.2 Å². The monoisotopic (exact) mass is 526 g/mol. The van der Waals surface area contributed by atoms with Gasteiger partial charge in [0.2, 0.25) is 0 Å². The van der Waals surface area contributed by atoms with Gasteiger partial charge in [0.1, 0.15) is 6.54 Å². The van der Waals surface area contributed by atoms with Gasteiger partial charge in [-0.25, -0.2) is 16.8 Å². The first-order chi connectivity index (χ1) is 13.7. The van der Waals surface area contributed by atoms with Crippen molar-refractivity contribution in [2.75, 3.05) is 33.8 Å². The third kappa shape index (κ3) is 11.3. The Bertz CT molecular complexity index is 686. The molecule has 0 spiro atoms. The molecule has 0 aromatic carbocycles. The molecule has 31 heavy (non-hydrogen) atoms. The average molecular weight is 527 g/mol. The van der Waals surface area contributed by atoms with Crippen LogP contribution in [0.3, 0.4) is 0 Å². The standard InChI is InChI=1S/C13H32NOSi.C2F6NO4S2/c1-7-11-14(5,6)12-13-15-16(8-2,9-3)10-4;3-1(4,5)14(10,11)9-15(12,13)2(6,7)8/h7-13H2,1-6H3;/q+1;-1. The molecule has 0 aliphatic rings. The lowest BCUT2D eigenvalue weighted by Gasteiger charge is -2.33. The number of hydrogen-bond donors (Lipinski definition) is 0. The number of nitrogens with zero attached hydrogens (tertiary/aromatic N) is 2. The smallest absolute Gasteiger partial charge is 0.421 e. The van der Waals surface area contributed by atoms with Gasteiger partial charge in [-0.15, -0.1) is 0 Å². The zero-order valence-electron chi connectivity index (χ0n) is 18.5. The quantitative estimate of drug-likeness (QED) is 0.224. The van der Waals surface area contributed by atoms with Gasteiger partial charge in [0.15, 0.2) is 28.4 Å². The van der Waals surface area contributed by atoms with Crippen molar-refractivity contribution in [2.45, 2.75) is 63.3 Å². The van der Waals surface area contributed by atoms with Crippen molar-refractivity contribution in [1.82, 2.24) is 0 Å². The summed E-state index contributed by atoms with van der Waals surface area (Å²) in [7, 11) is -10.2. The number of rotatable bonds is 11. The molecule has 0 unspecified atom stereocenters. The molecule has 0 heterocycles. The average Bonchev–Trinajstić information content (AvgIpc) is 2.57. The third-order valence-electron chi connectivity index (χ3n) is 4.65. The summed E-state index contributed by atoms with van der Waals surface area (Å²) in [6, 6.07) is 3.80. The summed E-state index contributed by atoms with van der Waals surface area (Å²) in [5, 5.41) is 0. The molecular formula is C15H32F6N2O5S2Si. The van der Waals surface area contributed by atoms with Gasteiger partial charge in [0.25, 0.3) is 0 Å². The van der Waals surface area contributed by atoms with Crippen molar-refractivity contribution < 1.29 is 52.1 Å². The van der Waals surface area contributed by atoms with Crippen LogP contribution >= 0.6 is 0 Å². The minimum absolute atomic E-state index is 0.778. The highest BCUT2D eigenvalue weighted by molar-refractivity contribution is 8.13. The predicted molar refractivity (Wildman–Crippen MR) is 109 cm³/mol. The maximum atomic E-state index is 11.4. The van der Waals surface area contributed by atoms with E-state index in [0.717, 1.165) is 21.8 Å². The second-order valence-electron chi connectivity index (χ2n) is 7.39. The molecule has 0 saturated carbocycles. The lowest BCUT2D eigenvalue weighted by molar-refractivity contribution is -0.890. The van der Waals surface area contributed by atoms with E-state index in [1.54, 1.807) is 0 Å². The van der Waals surface area contributed by atoms with Crippen molar-refractivity contribution in [3.05, 3.63) is 4.13 Å². The van der Waals surface area contributed by atoms with Crippen molar-refractivity contribution in [3.63, 3.8) is 0 Å². The topological polar surface area (TPSA) is 91.6 Å². The second-order valence-corrected chi connectivity index (χ2v) is 15.6. The number of hydrogen-bond acceptors (Lipinski definition) is 5. The number of halogens is 6. The molecule has 0 N–H and O–H groups in total. The van der Waals surface area contributed by atoms with Crippen molar-refractivity contribution in [2.24, 2.45) is 0 Å². The maximum Gasteiger partial charge on any atom is 0.480 e. The van der Waals surface area contributed by atoms with Crippen LogP contribution in [-0.4, -0.2) is 74.4 Å². The van der Waals surface area contributed by atoms with E-state index in [0.29, 0.717) is 0 Å². The summed E-state index contributed by atoms with van der Waals surface area (Å²) >= 11 is 0. The minimum atomic E-state index is -6.72. The van der Waals surface area contributed by atoms with Gasteiger partial charge < -0.3 is 13.0 Å². The number of sulfonamides is 2. The largest absolute Gasteiger partial charge is 0.480 e. The van der Waals surface area contributed by atoms with E-state index in [9.17, 15) is 43.2 Å². The fourth-order valence-corrected chi connectivity index (χ4v) is 6.84. The highest BCUT2D eigenvalue weighted by atomic mass is 32.3. The SMILES string of the molecule is CCC[N+](C)(C)CCO[Si](CC)(CC)CC.O=S(=O)([N-]S(=O)(=O)C(F)(F)F)C(F)(F)F. The number of likely N-dealkylation sites (N-methyl/N-ethyl adjacent to an activating group) is 1. The summed E-state index contributed by atoms with van der Waals surface area (Å²) in [6.45, 7) is 12.5. The lowest BCUT2D eigenvalue weighted by Crippen LogP contribution is -2.45. The Morgan fingerprint density at radius 2 is 1.13 bits per heavy atom. The Hall–Kier alpha value is -0.423. The Labute approximate surface area is 182 Å². The number of quaternary nitrogens is 1. The van der Waals surface area contributed by atoms with Crippen LogP contribution in [0.5, 0.6) is 0 Å². The molecule has 0 amide bonds. The molecule has 16 heteroatoms. The van der Waals surface area contributed by atoms with Crippen LogP contribution < -0.4 is 0 Å². The normalized spacial score (nSPS) is 14.2. The Kier molecular flexibility index (Phi) is 12.8. The Morgan fingerprint density at radius 1 is 0.774 bits per heavy atom. The number of alkyl halides is 6. The summed E-state index contributed by atoms with van der Waals surface area (Å²) in [5.41, 5.74) is -12.4. The molecule has 0 aliphatic carbocycles. The van der Waals surface area contributed by atoms with Crippen LogP contribution in [0.2, 0.25) is 18.1 Å². The van der Waals surface area contributed by atoms with E-state index >= 15 is 0 Å². The van der Waals surface area contributed by atoms with Gasteiger partial charge in [-0.2, -0.15) is 26.3 Å². The van der Waals surface area contributed by atoms with Crippen molar-refractivity contribution >= 4 is 28.4 Å². The summed E-state index contributed by atoms with van der Waals surface area (Å²) in [6.07, 6.45) is 1.25. The van der Waals surface area contributed by atoms with Crippen molar-refractivity contribution in [3.8, 4) is 0 Å². The van der Waals surface area contributed by atoms with Crippen molar-refractivity contribution in [1.29, 1.82) is 0 Å². The van der Waals surface area contributed by atoms with Gasteiger partial charge in [-0.3, -0.25) is 0 Å². The van der Waals surface area contributed by atoms with Crippen LogP contribution in [0.1, 0.15) is 34.1 Å². The maximum absolute atomic E-state index is 11.4. The van der Waals surface area contributed by atoms with Crippen LogP contribution in [0.15, 0.2) is 0 Å². The Morgan fingerprint density at radius 3 is 1.39 bits per heavy atom. The first-order valence-electron chi connectivity index (χ1n) is 9.48. The molecule has 7 nitrogen and oxygen atoms in total. The highest BCUT2D eigenvalue weighted by Crippen LogP contribution is 2.36. The molecule has 0 saturated heterocycles. The van der Waals surface area contributed by atoms with E-state index in [-0.39, 0.29) is 0 Å². The molecular weight excluding hydrogens is 494 g/mol. The van der Waals surface area contributed by atoms with Crippen LogP contribution in [0, 0.1) is 0 Å². The van der Waals surface area contributed by atoms with Gasteiger partial charge in [-0.1, -0.05) is 27.7 Å². The zero-order chi connectivity index (χ0) is 25.4. The van der Waals surface area contributed by atoms with Crippen LogP contribution in [0.4, 0.5) is 26.3 Å². The lowest BCUT2D eigenvalue weighted by atomic mass is 10.4. The molecule has 0 rings (SSSR count). The molecule has 0 aromatic heterocycles. The predicted octanol–water partition coefficient (Wildman–Crippen LogP) is 4.55. The zero-order valence-corrected chi connectivity index (χ0v) is 21.1. The summed E-state index contributed by atoms with van der Waals surface area (Å²) in [4.78, 5) is 0. The Balaban J connectivity index is 0. The van der Waals surface area contributed by atoms with Gasteiger partial charge in [0, 0.05) is 0 Å². The summed E-state index contributed by atoms with van der Waals surface area (Å²) in [5.74, 6) is 0. The highest BCUT2D eigenvalue weighted by Gasteiger charge is 2.46. The van der Waals surface area contributed by atoms with E-state index < -0.39 is 39.4 Å². The fraction of sp³-hybridized carbons (Fsp3) is 1.00. The van der Waals surface area contributed by atoms with E-state index in [1.807, 2.05) is 0 Å². The summed E-state index contributed by atoms with van der Waals surface area (Å²) < 4.78 is 117. The molecule has 0 aromatic rings. The van der Waals surface area contributed by atoms with E-state index in [4.69, 9.17) is 4.43 Å². The molecule has 0 aliphatic heterocycles. The van der Waals surface area contributed by atoms with E-state index in [2.05, 4.69) is 41.8 Å². The van der Waals surface area contributed by atoms with Gasteiger partial charge >= 0.3 is 11.0 Å². The molecule has 0 atom stereocenters. The third-order valence-corrected chi connectivity index (χ3v) is 12.1. The molecule has 190 valence electrons. The van der Waals surface area contributed by atoms with Gasteiger partial charge in [-0.05, 0) is 24.6 Å². The first kappa shape index (κ1) is 32.8. The first-order valence-corrected chi connectivity index (χ1v) is 14.9.